The van der Waals surface area contributed by atoms with Crippen molar-refractivity contribution in [2.75, 3.05) is 20.2 Å². The van der Waals surface area contributed by atoms with Crippen molar-refractivity contribution in [1.82, 2.24) is 10.3 Å². The molecule has 0 amide bonds. The molecule has 0 radical (unpaired) electrons. The Morgan fingerprint density at radius 2 is 1.90 bits per heavy atom. The molecule has 3 heterocycles. The van der Waals surface area contributed by atoms with Crippen LogP contribution < -0.4 is 10.8 Å². The fourth-order valence-electron chi connectivity index (χ4n) is 3.75. The molecule has 6 nitrogen and oxygen atoms in total. The third-order valence-corrected chi connectivity index (χ3v) is 6.17. The summed E-state index contributed by atoms with van der Waals surface area (Å²) in [6.45, 7) is 9.33. The molecule has 1 aromatic carbocycles. The lowest BCUT2D eigenvalue weighted by atomic mass is 9.75. The number of esters is 1. The summed E-state index contributed by atoms with van der Waals surface area (Å²) in [4.78, 5) is 15.0. The summed E-state index contributed by atoms with van der Waals surface area (Å²) in [6.07, 6.45) is 2.87. The van der Waals surface area contributed by atoms with E-state index < -0.39 is 30.1 Å². The van der Waals surface area contributed by atoms with Gasteiger partial charge in [0.25, 0.3) is 0 Å². The third-order valence-electron chi connectivity index (χ3n) is 6.17. The molecule has 0 unspecified atom stereocenters. The summed E-state index contributed by atoms with van der Waals surface area (Å²) in [6, 6.07) is 3.38. The number of H-pyrrole nitrogens is 1. The van der Waals surface area contributed by atoms with Gasteiger partial charge in [-0.15, -0.1) is 0 Å². The third kappa shape index (κ3) is 3.29. The van der Waals surface area contributed by atoms with Gasteiger partial charge in [-0.2, -0.15) is 0 Å². The van der Waals surface area contributed by atoms with E-state index in [0.717, 1.165) is 18.5 Å². The number of ether oxygens (including phenoxy) is 1. The summed E-state index contributed by atoms with van der Waals surface area (Å²) in [7, 11) is 0.615. The molecule has 0 aliphatic carbocycles. The predicted octanol–water partition coefficient (Wildman–Crippen LogP) is 2.77. The highest BCUT2D eigenvalue weighted by Crippen LogP contribution is 2.38. The number of fused-ring (bicyclic) bond motifs is 1. The summed E-state index contributed by atoms with van der Waals surface area (Å²) in [5.41, 5.74) is 1.41. The van der Waals surface area contributed by atoms with Gasteiger partial charge in [0.15, 0.2) is 5.82 Å². The van der Waals surface area contributed by atoms with E-state index in [-0.39, 0.29) is 11.2 Å². The Balaban J connectivity index is 1.92. The van der Waals surface area contributed by atoms with E-state index in [9.17, 15) is 4.79 Å². The zero-order valence-electron chi connectivity index (χ0n) is 17.4. The summed E-state index contributed by atoms with van der Waals surface area (Å²) < 4.78 is 32.7. The smallest absolute Gasteiger partial charge is 0.464 e. The molecule has 2 aromatic rings. The highest BCUT2D eigenvalue weighted by atomic mass is 19.1. The fraction of sp³-hybridized carbons (Fsp3) is 0.476. The van der Waals surface area contributed by atoms with Crippen molar-refractivity contribution in [3.8, 4) is 0 Å². The number of methoxy groups -OCH3 is 1. The van der Waals surface area contributed by atoms with Crippen molar-refractivity contribution in [1.29, 1.82) is 0 Å². The standard InChI is InChI=1S/C21H26BFN2O4/c1-20(2)21(3,4)29-22(28-20)15-9-13(12-7-6-8-24-11-12)17(23)18-14(15)10-16(25-18)19(26)27-5/h7,9-10,24-25H,6,8,11H2,1-5H3. The molecule has 1 saturated heterocycles. The van der Waals surface area contributed by atoms with Gasteiger partial charge in [0, 0.05) is 17.5 Å². The minimum atomic E-state index is -0.680. The van der Waals surface area contributed by atoms with Gasteiger partial charge in [-0.3, -0.25) is 0 Å². The minimum Gasteiger partial charge on any atom is -0.464 e. The highest BCUT2D eigenvalue weighted by molar-refractivity contribution is 6.65. The van der Waals surface area contributed by atoms with E-state index in [1.165, 1.54) is 7.11 Å². The molecule has 8 heteroatoms. The average molecular weight is 400 g/mol. The molecule has 4 rings (SSSR count). The lowest BCUT2D eigenvalue weighted by molar-refractivity contribution is 0.00578. The van der Waals surface area contributed by atoms with Crippen LogP contribution in [0.2, 0.25) is 0 Å². The number of rotatable bonds is 3. The number of halogens is 1. The second kappa shape index (κ2) is 6.97. The van der Waals surface area contributed by atoms with Crippen molar-refractivity contribution >= 4 is 35.0 Å². The molecule has 29 heavy (non-hydrogen) atoms. The second-order valence-electron chi connectivity index (χ2n) is 8.57. The highest BCUT2D eigenvalue weighted by Gasteiger charge is 2.52. The molecule has 1 fully saturated rings. The zero-order chi connectivity index (χ0) is 21.0. The first-order valence-corrected chi connectivity index (χ1v) is 9.84. The molecular weight excluding hydrogens is 374 g/mol. The molecule has 0 atom stereocenters. The van der Waals surface area contributed by atoms with E-state index in [4.69, 9.17) is 14.0 Å². The van der Waals surface area contributed by atoms with Gasteiger partial charge < -0.3 is 24.3 Å². The maximum atomic E-state index is 15.5. The van der Waals surface area contributed by atoms with Crippen LogP contribution in [0.25, 0.3) is 16.5 Å². The van der Waals surface area contributed by atoms with Crippen molar-refractivity contribution in [3.05, 3.63) is 35.3 Å². The minimum absolute atomic E-state index is 0.187. The zero-order valence-corrected chi connectivity index (χ0v) is 17.4. The molecule has 154 valence electrons. The Hall–Kier alpha value is -2.16. The van der Waals surface area contributed by atoms with Crippen molar-refractivity contribution in [2.45, 2.75) is 45.3 Å². The first-order valence-electron chi connectivity index (χ1n) is 9.84. The number of nitrogens with one attached hydrogen (secondary N) is 2. The van der Waals surface area contributed by atoms with Crippen LogP contribution in [0.1, 0.15) is 50.2 Å². The first-order chi connectivity index (χ1) is 13.6. The van der Waals surface area contributed by atoms with Crippen LogP contribution in [0.4, 0.5) is 4.39 Å². The summed E-state index contributed by atoms with van der Waals surface area (Å²) in [5, 5.41) is 3.83. The van der Waals surface area contributed by atoms with E-state index >= 15 is 4.39 Å². The Labute approximate surface area is 169 Å². The topological polar surface area (TPSA) is 72.6 Å². The number of carbonyl (C=O) groups is 1. The van der Waals surface area contributed by atoms with Gasteiger partial charge in [-0.05, 0) is 57.8 Å². The average Bonchev–Trinajstić information content (AvgIpc) is 3.21. The Bertz CT molecular complexity index is 996. The Kier molecular flexibility index (Phi) is 4.84. The van der Waals surface area contributed by atoms with Crippen LogP contribution >= 0.6 is 0 Å². The predicted molar refractivity (Wildman–Crippen MR) is 111 cm³/mol. The van der Waals surface area contributed by atoms with Crippen LogP contribution in [0.3, 0.4) is 0 Å². The van der Waals surface area contributed by atoms with Gasteiger partial charge in [0.05, 0.1) is 23.8 Å². The fourth-order valence-corrected chi connectivity index (χ4v) is 3.75. The van der Waals surface area contributed by atoms with Crippen LogP contribution in [0.5, 0.6) is 0 Å². The van der Waals surface area contributed by atoms with Crippen LogP contribution in [-0.2, 0) is 14.0 Å². The number of hydrogen-bond acceptors (Lipinski definition) is 5. The molecular formula is C21H26BFN2O4. The maximum Gasteiger partial charge on any atom is 0.495 e. The number of hydrogen-bond donors (Lipinski definition) is 2. The lowest BCUT2D eigenvalue weighted by Crippen LogP contribution is -2.41. The number of benzene rings is 1. The largest absolute Gasteiger partial charge is 0.495 e. The molecule has 1 aromatic heterocycles. The SMILES string of the molecule is COC(=O)c1cc2c(B3OC(C)(C)C(C)(C)O3)cc(C3=CCCNC3)c(F)c2[nH]1. The normalized spacial score (nSPS) is 20.8. The van der Waals surface area contributed by atoms with Crippen molar-refractivity contribution in [3.63, 3.8) is 0 Å². The van der Waals surface area contributed by atoms with E-state index in [1.54, 1.807) is 12.1 Å². The number of aromatic amines is 1. The molecule has 2 aliphatic heterocycles. The molecule has 0 bridgehead atoms. The van der Waals surface area contributed by atoms with Gasteiger partial charge in [0.2, 0.25) is 0 Å². The van der Waals surface area contributed by atoms with Crippen molar-refractivity contribution < 1.29 is 23.2 Å². The van der Waals surface area contributed by atoms with Gasteiger partial charge in [-0.1, -0.05) is 12.1 Å². The monoisotopic (exact) mass is 400 g/mol. The van der Waals surface area contributed by atoms with Crippen LogP contribution in [0.15, 0.2) is 18.2 Å². The molecule has 2 aliphatic rings. The first kappa shape index (κ1) is 20.1. The molecule has 2 N–H and O–H groups in total. The van der Waals surface area contributed by atoms with Crippen molar-refractivity contribution in [2.24, 2.45) is 0 Å². The van der Waals surface area contributed by atoms with Gasteiger partial charge in [0.1, 0.15) is 5.69 Å². The molecule has 0 saturated carbocycles. The van der Waals surface area contributed by atoms with Crippen LogP contribution in [0, 0.1) is 5.82 Å². The van der Waals surface area contributed by atoms with Gasteiger partial charge >= 0.3 is 13.1 Å². The van der Waals surface area contributed by atoms with E-state index in [1.807, 2.05) is 33.8 Å². The second-order valence-corrected chi connectivity index (χ2v) is 8.57. The van der Waals surface area contributed by atoms with Gasteiger partial charge in [-0.25, -0.2) is 9.18 Å². The Morgan fingerprint density at radius 3 is 2.48 bits per heavy atom. The quantitative estimate of drug-likeness (QED) is 0.613. The Morgan fingerprint density at radius 1 is 1.21 bits per heavy atom. The molecule has 0 spiro atoms. The van der Waals surface area contributed by atoms with E-state index in [2.05, 4.69) is 10.3 Å². The summed E-state index contributed by atoms with van der Waals surface area (Å²) in [5.74, 6) is -0.953. The van der Waals surface area contributed by atoms with E-state index in [0.29, 0.717) is 23.0 Å². The number of aromatic nitrogens is 1. The maximum absolute atomic E-state index is 15.5. The number of carbonyl (C=O) groups excluding carboxylic acids is 1. The van der Waals surface area contributed by atoms with Crippen LogP contribution in [-0.4, -0.2) is 49.5 Å². The lowest BCUT2D eigenvalue weighted by Gasteiger charge is -2.32. The summed E-state index contributed by atoms with van der Waals surface area (Å²) >= 11 is 0.